The van der Waals surface area contributed by atoms with Gasteiger partial charge in [-0.2, -0.15) is 0 Å². The molecule has 7 atom stereocenters. The Bertz CT molecular complexity index is 980. The van der Waals surface area contributed by atoms with E-state index < -0.39 is 0 Å². The van der Waals surface area contributed by atoms with Crippen molar-refractivity contribution in [1.29, 1.82) is 0 Å². The Hall–Kier alpha value is -2.07. The molecule has 1 aromatic rings. The minimum atomic E-state index is -0.323. The molecule has 5 rings (SSSR count). The van der Waals surface area contributed by atoms with Crippen LogP contribution >= 0.6 is 0 Å². The summed E-state index contributed by atoms with van der Waals surface area (Å²) >= 11 is 0. The average Bonchev–Trinajstić information content (AvgIpc) is 3.01. The van der Waals surface area contributed by atoms with Crippen LogP contribution < -0.4 is 0 Å². The van der Waals surface area contributed by atoms with Crippen LogP contribution in [0.25, 0.3) is 6.08 Å². The van der Waals surface area contributed by atoms with Crippen molar-refractivity contribution in [2.75, 3.05) is 6.61 Å². The van der Waals surface area contributed by atoms with Crippen LogP contribution in [-0.2, 0) is 9.53 Å². The van der Waals surface area contributed by atoms with Crippen LogP contribution in [-0.4, -0.2) is 28.9 Å². The molecule has 4 heteroatoms. The first-order chi connectivity index (χ1) is 15.6. The summed E-state index contributed by atoms with van der Waals surface area (Å²) in [5.74, 6) is 0.616. The zero-order valence-corrected chi connectivity index (χ0v) is 20.2. The van der Waals surface area contributed by atoms with Gasteiger partial charge in [0.25, 0.3) is 0 Å². The van der Waals surface area contributed by atoms with Gasteiger partial charge in [0.2, 0.25) is 0 Å². The molecule has 2 N–H and O–H groups in total. The average molecular weight is 451 g/mol. The molecule has 3 saturated carbocycles. The lowest BCUT2D eigenvalue weighted by Crippen LogP contribution is -2.61. The molecular weight excluding hydrogens is 412 g/mol. The first kappa shape index (κ1) is 22.7. The molecule has 33 heavy (non-hydrogen) atoms. The number of hydrogen-bond donors (Lipinski definition) is 2. The molecule has 4 nitrogen and oxygen atoms in total. The van der Waals surface area contributed by atoms with Crippen LogP contribution in [0.5, 0.6) is 5.75 Å². The topological polar surface area (TPSA) is 66.8 Å². The molecule has 1 spiro atoms. The lowest BCUT2D eigenvalue weighted by atomic mass is 9.40. The molecule has 4 aliphatic rings. The summed E-state index contributed by atoms with van der Waals surface area (Å²) in [5, 5.41) is 20.8. The van der Waals surface area contributed by atoms with E-state index >= 15 is 0 Å². The monoisotopic (exact) mass is 450 g/mol. The van der Waals surface area contributed by atoms with Crippen LogP contribution in [0.4, 0.5) is 0 Å². The first-order valence-corrected chi connectivity index (χ1v) is 12.6. The molecule has 2 bridgehead atoms. The van der Waals surface area contributed by atoms with Gasteiger partial charge < -0.3 is 14.9 Å². The number of phenolic OH excluding ortho intramolecular Hbond substituents is 1. The molecule has 1 aromatic carbocycles. The molecule has 0 heterocycles. The fraction of sp³-hybridized carbons (Fsp3) is 0.621. The molecule has 0 unspecified atom stereocenters. The number of allylic oxidation sites excluding steroid dienone is 2. The van der Waals surface area contributed by atoms with Crippen molar-refractivity contribution in [3.63, 3.8) is 0 Å². The van der Waals surface area contributed by atoms with E-state index in [1.54, 1.807) is 30.3 Å². The van der Waals surface area contributed by atoms with Gasteiger partial charge in [0.1, 0.15) is 5.75 Å². The van der Waals surface area contributed by atoms with Crippen molar-refractivity contribution < 1.29 is 19.7 Å². The predicted octanol–water partition coefficient (Wildman–Crippen LogP) is 5.89. The highest BCUT2D eigenvalue weighted by Gasteiger charge is 2.66. The van der Waals surface area contributed by atoms with E-state index in [9.17, 15) is 15.0 Å². The van der Waals surface area contributed by atoms with Crippen LogP contribution in [0.1, 0.15) is 71.3 Å². The number of benzene rings is 1. The van der Waals surface area contributed by atoms with E-state index in [1.807, 2.05) is 0 Å². The summed E-state index contributed by atoms with van der Waals surface area (Å²) in [6.07, 6.45) is 15.4. The molecule has 4 aliphatic carbocycles. The van der Waals surface area contributed by atoms with Crippen molar-refractivity contribution >= 4 is 12.0 Å². The van der Waals surface area contributed by atoms with E-state index in [4.69, 9.17) is 4.74 Å². The highest BCUT2D eigenvalue weighted by Crippen LogP contribution is 2.71. The number of aliphatic hydroxyl groups excluding tert-OH is 1. The number of aromatic hydroxyl groups is 1. The van der Waals surface area contributed by atoms with Crippen molar-refractivity contribution in [3.8, 4) is 5.75 Å². The molecule has 0 saturated heterocycles. The number of hydrogen-bond acceptors (Lipinski definition) is 4. The number of ether oxygens (including phenoxy) is 1. The second-order valence-electron chi connectivity index (χ2n) is 12.3. The minimum absolute atomic E-state index is 0.0644. The van der Waals surface area contributed by atoms with Gasteiger partial charge in [-0.05, 0) is 90.4 Å². The lowest BCUT2D eigenvalue weighted by Gasteiger charge is -2.65. The number of aliphatic hydroxyl groups is 1. The van der Waals surface area contributed by atoms with Crippen LogP contribution in [0.3, 0.4) is 0 Å². The summed E-state index contributed by atoms with van der Waals surface area (Å²) in [6, 6.07) is 6.74. The number of carbonyl (C=O) groups is 1. The molecular formula is C29H38O4. The van der Waals surface area contributed by atoms with E-state index in [0.717, 1.165) is 44.1 Å². The van der Waals surface area contributed by atoms with Gasteiger partial charge in [-0.15, -0.1) is 0 Å². The second-order valence-corrected chi connectivity index (χ2v) is 12.3. The minimum Gasteiger partial charge on any atom is -0.508 e. The maximum Gasteiger partial charge on any atom is 0.330 e. The van der Waals surface area contributed by atoms with Crippen molar-refractivity contribution in [2.24, 2.45) is 33.5 Å². The molecule has 0 amide bonds. The van der Waals surface area contributed by atoms with Gasteiger partial charge in [-0.3, -0.25) is 0 Å². The van der Waals surface area contributed by atoms with Gasteiger partial charge in [-0.1, -0.05) is 51.5 Å². The summed E-state index contributed by atoms with van der Waals surface area (Å²) in [7, 11) is 0. The maximum absolute atomic E-state index is 12.5. The number of rotatable bonds is 4. The summed E-state index contributed by atoms with van der Waals surface area (Å²) in [5.41, 5.74) is 1.13. The molecule has 178 valence electrons. The molecule has 0 aliphatic heterocycles. The summed E-state index contributed by atoms with van der Waals surface area (Å²) < 4.78 is 5.81. The van der Waals surface area contributed by atoms with Crippen LogP contribution in [0.2, 0.25) is 0 Å². The van der Waals surface area contributed by atoms with Gasteiger partial charge in [0, 0.05) is 11.5 Å². The third-order valence-electron chi connectivity index (χ3n) is 9.79. The van der Waals surface area contributed by atoms with Gasteiger partial charge in [-0.25, -0.2) is 4.79 Å². The van der Waals surface area contributed by atoms with Gasteiger partial charge >= 0.3 is 5.97 Å². The Labute approximate surface area is 197 Å². The summed E-state index contributed by atoms with van der Waals surface area (Å²) in [4.78, 5) is 12.5. The quantitative estimate of drug-likeness (QED) is 0.341. The van der Waals surface area contributed by atoms with Crippen molar-refractivity contribution in [1.82, 2.24) is 0 Å². The van der Waals surface area contributed by atoms with Crippen LogP contribution in [0.15, 0.2) is 42.5 Å². The van der Waals surface area contributed by atoms with Gasteiger partial charge in [0.05, 0.1) is 12.7 Å². The number of esters is 1. The fourth-order valence-corrected chi connectivity index (χ4v) is 8.68. The maximum atomic E-state index is 12.5. The number of phenols is 1. The third-order valence-corrected chi connectivity index (χ3v) is 9.79. The largest absolute Gasteiger partial charge is 0.508 e. The standard InChI is InChI=1S/C29H38O4/c1-26-15-16-29(18-26)14-11-23-27(2,12-4-13-28(23,3)25(29)22(31)17-26)19-33-24(32)10-7-20-5-8-21(30)9-6-20/h5-10,15-16,22-23,25,30-31H,4,11-14,17-19H2,1-3H3/t22-,23-,25+,26+,27-,28-,29+/m0/s1. The number of fused-ring (bicyclic) bond motifs is 3. The van der Waals surface area contributed by atoms with Crippen molar-refractivity contribution in [3.05, 3.63) is 48.1 Å². The SMILES string of the molecule is C[C@@]12C=C[C@]3(CC[C@H]4[C@](C)(COC(=O)C=Cc5ccc(O)cc5)CCC[C@]4(C)[C@H]3[C@@H](O)C1)C2. The Morgan fingerprint density at radius 1 is 1.12 bits per heavy atom. The second kappa shape index (κ2) is 7.73. The van der Waals surface area contributed by atoms with Crippen LogP contribution in [0, 0.1) is 33.5 Å². The zero-order chi connectivity index (χ0) is 23.5. The Kier molecular flexibility index (Phi) is 5.32. The molecule has 3 fully saturated rings. The van der Waals surface area contributed by atoms with Gasteiger partial charge in [0.15, 0.2) is 0 Å². The summed E-state index contributed by atoms with van der Waals surface area (Å²) in [6.45, 7) is 7.46. The smallest absolute Gasteiger partial charge is 0.330 e. The lowest BCUT2D eigenvalue weighted by molar-refractivity contribution is -0.196. The third kappa shape index (κ3) is 3.75. The molecule has 0 radical (unpaired) electrons. The Morgan fingerprint density at radius 3 is 2.64 bits per heavy atom. The first-order valence-electron chi connectivity index (χ1n) is 12.6. The highest BCUT2D eigenvalue weighted by molar-refractivity contribution is 5.87. The number of carbonyl (C=O) groups excluding carboxylic acids is 1. The van der Waals surface area contributed by atoms with E-state index in [1.165, 1.54) is 12.5 Å². The van der Waals surface area contributed by atoms with E-state index in [0.29, 0.717) is 18.4 Å². The normalized spacial score (nSPS) is 43.8. The predicted molar refractivity (Wildman–Crippen MR) is 129 cm³/mol. The van der Waals surface area contributed by atoms with E-state index in [2.05, 4.69) is 32.9 Å². The Balaban J connectivity index is 1.31. The fourth-order valence-electron chi connectivity index (χ4n) is 8.68. The Morgan fingerprint density at radius 2 is 1.88 bits per heavy atom. The van der Waals surface area contributed by atoms with E-state index in [-0.39, 0.29) is 39.5 Å². The highest BCUT2D eigenvalue weighted by atomic mass is 16.5. The zero-order valence-electron chi connectivity index (χ0n) is 20.2. The van der Waals surface area contributed by atoms with Crippen molar-refractivity contribution in [2.45, 2.75) is 71.8 Å². The molecule has 0 aromatic heterocycles.